The molecule has 0 saturated heterocycles. The summed E-state index contributed by atoms with van der Waals surface area (Å²) in [6, 6.07) is 6.35. The molecule has 1 amide bonds. The molecule has 2 rings (SSSR count). The number of carbonyl (C=O) groups excluding carboxylic acids is 1. The monoisotopic (exact) mass is 230 g/mol. The first kappa shape index (κ1) is 11.7. The fraction of sp³-hybridized carbons (Fsp3) is 0.357. The minimum atomic E-state index is -0.349. The van der Waals surface area contributed by atoms with Gasteiger partial charge in [0.1, 0.15) is 5.69 Å². The number of hydrogen-bond acceptors (Lipinski definition) is 1. The Hall–Kier alpha value is -1.77. The van der Waals surface area contributed by atoms with Gasteiger partial charge in [0.2, 0.25) is 0 Å². The van der Waals surface area contributed by atoms with Crippen LogP contribution in [0.15, 0.2) is 18.2 Å². The maximum absolute atomic E-state index is 11.5. The standard InChI is InChI=1S/C14H18N2O/c1-4-10-6-7-12-11(8-10)9(3)13(14(15)17)16(12)5-2/h6-8H,4-5H2,1-3H3,(H2,15,17). The molecule has 1 heterocycles. The number of nitrogens with zero attached hydrogens (tertiary/aromatic N) is 1. The molecule has 0 atom stereocenters. The number of hydrogen-bond donors (Lipinski definition) is 1. The number of nitrogens with two attached hydrogens (primary N) is 1. The van der Waals surface area contributed by atoms with E-state index in [4.69, 9.17) is 5.73 Å². The first-order valence-electron chi connectivity index (χ1n) is 6.01. The summed E-state index contributed by atoms with van der Waals surface area (Å²) >= 11 is 0. The lowest BCUT2D eigenvalue weighted by atomic mass is 10.1. The first-order valence-corrected chi connectivity index (χ1v) is 6.01. The topological polar surface area (TPSA) is 48.0 Å². The summed E-state index contributed by atoms with van der Waals surface area (Å²) in [5.41, 5.74) is 9.47. The molecule has 0 aliphatic rings. The highest BCUT2D eigenvalue weighted by atomic mass is 16.1. The van der Waals surface area contributed by atoms with E-state index < -0.39 is 0 Å². The maximum Gasteiger partial charge on any atom is 0.265 e. The van der Waals surface area contributed by atoms with E-state index in [1.165, 1.54) is 5.56 Å². The van der Waals surface area contributed by atoms with Crippen molar-refractivity contribution in [1.29, 1.82) is 0 Å². The van der Waals surface area contributed by atoms with Crippen LogP contribution < -0.4 is 5.73 Å². The molecule has 3 nitrogen and oxygen atoms in total. The van der Waals surface area contributed by atoms with Gasteiger partial charge in [0, 0.05) is 17.4 Å². The molecule has 2 aromatic rings. The molecule has 0 spiro atoms. The second-order valence-corrected chi connectivity index (χ2v) is 4.29. The van der Waals surface area contributed by atoms with Gasteiger partial charge in [-0.25, -0.2) is 0 Å². The number of carbonyl (C=O) groups is 1. The van der Waals surface area contributed by atoms with Crippen molar-refractivity contribution in [2.45, 2.75) is 33.7 Å². The molecule has 0 radical (unpaired) electrons. The van der Waals surface area contributed by atoms with Gasteiger partial charge < -0.3 is 10.3 Å². The Bertz CT molecular complexity index is 581. The Balaban J connectivity index is 2.83. The average molecular weight is 230 g/mol. The fourth-order valence-corrected chi connectivity index (χ4v) is 2.44. The second-order valence-electron chi connectivity index (χ2n) is 4.29. The van der Waals surface area contributed by atoms with Crippen LogP contribution in [0.25, 0.3) is 10.9 Å². The van der Waals surface area contributed by atoms with Crippen molar-refractivity contribution in [3.8, 4) is 0 Å². The number of fused-ring (bicyclic) bond motifs is 1. The van der Waals surface area contributed by atoms with Crippen molar-refractivity contribution in [3.63, 3.8) is 0 Å². The maximum atomic E-state index is 11.5. The van der Waals surface area contributed by atoms with Crippen LogP contribution in [0.4, 0.5) is 0 Å². The van der Waals surface area contributed by atoms with Crippen LogP contribution in [0.5, 0.6) is 0 Å². The van der Waals surface area contributed by atoms with Crippen LogP contribution in [0, 0.1) is 6.92 Å². The minimum Gasteiger partial charge on any atom is -0.364 e. The minimum absolute atomic E-state index is 0.349. The second kappa shape index (κ2) is 4.24. The van der Waals surface area contributed by atoms with Gasteiger partial charge in [-0.3, -0.25) is 4.79 Å². The molecule has 0 aliphatic carbocycles. The highest BCUT2D eigenvalue weighted by Crippen LogP contribution is 2.26. The Morgan fingerprint density at radius 3 is 2.59 bits per heavy atom. The molecule has 2 N–H and O–H groups in total. The SMILES string of the molecule is CCc1ccc2c(c1)c(C)c(C(N)=O)n2CC. The van der Waals surface area contributed by atoms with Crippen LogP contribution in [0.1, 0.15) is 35.5 Å². The van der Waals surface area contributed by atoms with E-state index in [9.17, 15) is 4.79 Å². The van der Waals surface area contributed by atoms with Crippen molar-refractivity contribution in [3.05, 3.63) is 35.0 Å². The molecule has 17 heavy (non-hydrogen) atoms. The molecule has 1 aromatic heterocycles. The lowest BCUT2D eigenvalue weighted by molar-refractivity contribution is 0.0991. The molecular formula is C14H18N2O. The van der Waals surface area contributed by atoms with Crippen LogP contribution in [0.3, 0.4) is 0 Å². The summed E-state index contributed by atoms with van der Waals surface area (Å²) in [4.78, 5) is 11.5. The van der Waals surface area contributed by atoms with Gasteiger partial charge in [-0.15, -0.1) is 0 Å². The highest BCUT2D eigenvalue weighted by molar-refractivity contribution is 6.01. The summed E-state index contributed by atoms with van der Waals surface area (Å²) in [5, 5.41) is 1.14. The Labute approximate surface area is 101 Å². The summed E-state index contributed by atoms with van der Waals surface area (Å²) in [7, 11) is 0. The third-order valence-corrected chi connectivity index (χ3v) is 3.34. The summed E-state index contributed by atoms with van der Waals surface area (Å²) in [5.74, 6) is -0.349. The molecule has 0 saturated carbocycles. The van der Waals surface area contributed by atoms with E-state index in [0.29, 0.717) is 5.69 Å². The van der Waals surface area contributed by atoms with E-state index in [1.54, 1.807) is 0 Å². The molecule has 0 bridgehead atoms. The van der Waals surface area contributed by atoms with Crippen LogP contribution in [-0.4, -0.2) is 10.5 Å². The number of rotatable bonds is 3. The van der Waals surface area contributed by atoms with E-state index in [0.717, 1.165) is 29.4 Å². The molecule has 0 unspecified atom stereocenters. The van der Waals surface area contributed by atoms with Gasteiger partial charge in [0.25, 0.3) is 5.91 Å². The number of aromatic nitrogens is 1. The van der Waals surface area contributed by atoms with Crippen molar-refractivity contribution in [2.24, 2.45) is 5.73 Å². The van der Waals surface area contributed by atoms with E-state index in [2.05, 4.69) is 25.1 Å². The van der Waals surface area contributed by atoms with E-state index in [1.807, 2.05) is 18.4 Å². The summed E-state index contributed by atoms with van der Waals surface area (Å²) in [6.07, 6.45) is 0.999. The molecule has 1 aromatic carbocycles. The fourth-order valence-electron chi connectivity index (χ4n) is 2.44. The molecular weight excluding hydrogens is 212 g/mol. The van der Waals surface area contributed by atoms with Gasteiger partial charge in [0.15, 0.2) is 0 Å². The first-order chi connectivity index (χ1) is 8.10. The Morgan fingerprint density at radius 2 is 2.06 bits per heavy atom. The smallest absolute Gasteiger partial charge is 0.265 e. The van der Waals surface area contributed by atoms with Crippen molar-refractivity contribution in [1.82, 2.24) is 4.57 Å². The van der Waals surface area contributed by atoms with Gasteiger partial charge in [-0.2, -0.15) is 0 Å². The Kier molecular flexibility index (Phi) is 2.92. The molecule has 90 valence electrons. The quantitative estimate of drug-likeness (QED) is 0.865. The summed E-state index contributed by atoms with van der Waals surface area (Å²) < 4.78 is 1.99. The van der Waals surface area contributed by atoms with Gasteiger partial charge >= 0.3 is 0 Å². The van der Waals surface area contributed by atoms with Crippen molar-refractivity contribution < 1.29 is 4.79 Å². The van der Waals surface area contributed by atoms with Crippen LogP contribution >= 0.6 is 0 Å². The average Bonchev–Trinajstić information content (AvgIpc) is 2.61. The predicted octanol–water partition coefficient (Wildman–Crippen LogP) is 2.63. The third kappa shape index (κ3) is 1.71. The van der Waals surface area contributed by atoms with Crippen molar-refractivity contribution in [2.75, 3.05) is 0 Å². The third-order valence-electron chi connectivity index (χ3n) is 3.34. The highest BCUT2D eigenvalue weighted by Gasteiger charge is 2.17. The number of primary amides is 1. The molecule has 0 aliphatic heterocycles. The zero-order chi connectivity index (χ0) is 12.6. The van der Waals surface area contributed by atoms with Gasteiger partial charge in [-0.1, -0.05) is 13.0 Å². The van der Waals surface area contributed by atoms with Crippen LogP contribution in [0.2, 0.25) is 0 Å². The zero-order valence-electron chi connectivity index (χ0n) is 10.6. The Morgan fingerprint density at radius 1 is 1.35 bits per heavy atom. The summed E-state index contributed by atoms with van der Waals surface area (Å²) in [6.45, 7) is 6.88. The normalized spacial score (nSPS) is 11.0. The largest absolute Gasteiger partial charge is 0.364 e. The molecule has 0 fully saturated rings. The van der Waals surface area contributed by atoms with E-state index in [-0.39, 0.29) is 5.91 Å². The number of benzene rings is 1. The zero-order valence-corrected chi connectivity index (χ0v) is 10.6. The van der Waals surface area contributed by atoms with Gasteiger partial charge in [-0.05, 0) is 43.5 Å². The lowest BCUT2D eigenvalue weighted by Crippen LogP contribution is -2.17. The lowest BCUT2D eigenvalue weighted by Gasteiger charge is -2.05. The molecule has 3 heteroatoms. The van der Waals surface area contributed by atoms with Crippen molar-refractivity contribution >= 4 is 16.8 Å². The van der Waals surface area contributed by atoms with Gasteiger partial charge in [0.05, 0.1) is 0 Å². The number of aryl methyl sites for hydroxylation is 3. The number of amides is 1. The van der Waals surface area contributed by atoms with E-state index >= 15 is 0 Å². The predicted molar refractivity (Wildman–Crippen MR) is 70.2 cm³/mol. The van der Waals surface area contributed by atoms with Crippen LogP contribution in [-0.2, 0) is 13.0 Å².